The minimum absolute atomic E-state index is 0.124. The number of nitrogens with zero attached hydrogens (tertiary/aromatic N) is 2. The molecule has 1 heterocycles. The van der Waals surface area contributed by atoms with Crippen LogP contribution in [0.1, 0.15) is 30.5 Å². The Morgan fingerprint density at radius 2 is 1.90 bits per heavy atom. The summed E-state index contributed by atoms with van der Waals surface area (Å²) in [6, 6.07) is 11.7. The van der Waals surface area contributed by atoms with Crippen molar-refractivity contribution in [2.45, 2.75) is 19.4 Å². The second-order valence-corrected chi connectivity index (χ2v) is 7.69. The molecule has 1 aliphatic heterocycles. The van der Waals surface area contributed by atoms with Crippen LogP contribution in [0.15, 0.2) is 54.1 Å². The molecule has 0 saturated carbocycles. The average Bonchev–Trinajstić information content (AvgIpc) is 3.00. The Morgan fingerprint density at radius 3 is 2.58 bits per heavy atom. The van der Waals surface area contributed by atoms with E-state index in [0.717, 1.165) is 6.42 Å². The Labute approximate surface area is 181 Å². The summed E-state index contributed by atoms with van der Waals surface area (Å²) < 4.78 is 20.3. The van der Waals surface area contributed by atoms with Crippen molar-refractivity contribution < 1.29 is 23.8 Å². The van der Waals surface area contributed by atoms with E-state index in [-0.39, 0.29) is 23.4 Å². The molecular weight excluding hydrogens is 399 g/mol. The number of ether oxygens (including phenoxy) is 1. The molecule has 1 unspecified atom stereocenters. The monoisotopic (exact) mass is 426 g/mol. The molecule has 0 bridgehead atoms. The number of aliphatic hydroxyl groups excluding tert-OH is 1. The fourth-order valence-electron chi connectivity index (χ4n) is 3.55. The Bertz CT molecular complexity index is 1000. The van der Waals surface area contributed by atoms with Crippen LogP contribution in [-0.2, 0) is 9.59 Å². The van der Waals surface area contributed by atoms with Crippen molar-refractivity contribution in [3.63, 3.8) is 0 Å². The topological polar surface area (TPSA) is 70.1 Å². The summed E-state index contributed by atoms with van der Waals surface area (Å²) >= 11 is 0. The molecule has 1 saturated heterocycles. The number of amides is 1. The van der Waals surface area contributed by atoms with E-state index in [2.05, 4.69) is 0 Å². The number of Topliss-reactive ketones (excluding diaryl/α,β-unsaturated/α-hetero) is 1. The lowest BCUT2D eigenvalue weighted by Crippen LogP contribution is -2.35. The normalized spacial score (nSPS) is 18.1. The van der Waals surface area contributed by atoms with Gasteiger partial charge in [0.15, 0.2) is 0 Å². The Balaban J connectivity index is 2.12. The lowest BCUT2D eigenvalue weighted by atomic mass is 9.95. The van der Waals surface area contributed by atoms with Crippen molar-refractivity contribution >= 4 is 17.4 Å². The summed E-state index contributed by atoms with van der Waals surface area (Å²) in [7, 11) is 3.69. The molecule has 1 aliphatic rings. The van der Waals surface area contributed by atoms with E-state index in [4.69, 9.17) is 4.74 Å². The number of rotatable bonds is 8. The highest BCUT2D eigenvalue weighted by atomic mass is 19.1. The highest BCUT2D eigenvalue weighted by Crippen LogP contribution is 2.40. The summed E-state index contributed by atoms with van der Waals surface area (Å²) in [5.74, 6) is -1.94. The van der Waals surface area contributed by atoms with Crippen LogP contribution in [0.2, 0.25) is 0 Å². The molecule has 0 radical (unpaired) electrons. The first kappa shape index (κ1) is 22.5. The first-order chi connectivity index (χ1) is 14.8. The lowest BCUT2D eigenvalue weighted by Gasteiger charge is -2.26. The van der Waals surface area contributed by atoms with Gasteiger partial charge in [-0.25, -0.2) is 4.39 Å². The van der Waals surface area contributed by atoms with Crippen molar-refractivity contribution in [2.75, 3.05) is 33.8 Å². The van der Waals surface area contributed by atoms with Gasteiger partial charge in [-0.1, -0.05) is 37.3 Å². The van der Waals surface area contributed by atoms with Crippen molar-refractivity contribution in [1.82, 2.24) is 9.80 Å². The minimum Gasteiger partial charge on any atom is -0.507 e. The number of carbonyl (C=O) groups is 2. The van der Waals surface area contributed by atoms with E-state index in [1.807, 2.05) is 25.9 Å². The van der Waals surface area contributed by atoms with Crippen LogP contribution in [0, 0.1) is 5.82 Å². The van der Waals surface area contributed by atoms with E-state index in [0.29, 0.717) is 24.5 Å². The van der Waals surface area contributed by atoms with Gasteiger partial charge in [0, 0.05) is 24.2 Å². The Kier molecular flexibility index (Phi) is 7.07. The van der Waals surface area contributed by atoms with Gasteiger partial charge in [-0.15, -0.1) is 0 Å². The first-order valence-corrected chi connectivity index (χ1v) is 10.3. The van der Waals surface area contributed by atoms with Crippen molar-refractivity contribution in [3.8, 4) is 5.75 Å². The molecule has 164 valence electrons. The molecule has 2 aromatic carbocycles. The maximum atomic E-state index is 14.7. The Morgan fingerprint density at radius 1 is 1.16 bits per heavy atom. The molecular formula is C24H27FN2O4. The van der Waals surface area contributed by atoms with Crippen LogP contribution in [0.3, 0.4) is 0 Å². The standard InChI is InChI=1S/C24H27FN2O4/c1-4-14-31-17-9-7-8-16(15-17)22(28)20-21(18-10-5-6-11-19(18)25)27(13-12-26(2)3)24(30)23(20)29/h5-11,15,21,28H,4,12-14H2,1-3H3. The minimum atomic E-state index is -1.01. The van der Waals surface area contributed by atoms with Gasteiger partial charge in [-0.3, -0.25) is 9.59 Å². The van der Waals surface area contributed by atoms with Gasteiger partial charge in [0.1, 0.15) is 17.3 Å². The third-order valence-electron chi connectivity index (χ3n) is 5.11. The van der Waals surface area contributed by atoms with Gasteiger partial charge < -0.3 is 19.6 Å². The molecule has 1 atom stereocenters. The summed E-state index contributed by atoms with van der Waals surface area (Å²) in [5, 5.41) is 11.1. The molecule has 1 N–H and O–H groups in total. The van der Waals surface area contributed by atoms with Gasteiger partial charge in [-0.05, 0) is 38.7 Å². The quantitative estimate of drug-likeness (QED) is 0.397. The van der Waals surface area contributed by atoms with Crippen LogP contribution in [0.25, 0.3) is 5.76 Å². The van der Waals surface area contributed by atoms with Crippen LogP contribution in [0.5, 0.6) is 5.75 Å². The van der Waals surface area contributed by atoms with Gasteiger partial charge in [-0.2, -0.15) is 0 Å². The maximum absolute atomic E-state index is 14.7. The van der Waals surface area contributed by atoms with E-state index in [1.54, 1.807) is 36.4 Å². The SMILES string of the molecule is CCCOc1cccc(C(O)=C2C(=O)C(=O)N(CCN(C)C)C2c2ccccc2F)c1. The van der Waals surface area contributed by atoms with Gasteiger partial charge in [0.05, 0.1) is 18.2 Å². The second kappa shape index (κ2) is 9.75. The van der Waals surface area contributed by atoms with Gasteiger partial charge in [0.25, 0.3) is 11.7 Å². The number of likely N-dealkylation sites (tertiary alicyclic amines) is 1. The molecule has 0 spiro atoms. The largest absolute Gasteiger partial charge is 0.507 e. The molecule has 6 nitrogen and oxygen atoms in total. The molecule has 1 amide bonds. The number of ketones is 1. The summed E-state index contributed by atoms with van der Waals surface area (Å²) in [5.41, 5.74) is 0.377. The van der Waals surface area contributed by atoms with E-state index < -0.39 is 23.5 Å². The fraction of sp³-hybridized carbons (Fsp3) is 0.333. The second-order valence-electron chi connectivity index (χ2n) is 7.69. The molecule has 0 aromatic heterocycles. The van der Waals surface area contributed by atoms with Crippen LogP contribution < -0.4 is 4.74 Å². The number of hydrogen-bond donors (Lipinski definition) is 1. The summed E-state index contributed by atoms with van der Waals surface area (Å²) in [6.45, 7) is 3.19. The molecule has 3 rings (SSSR count). The number of halogens is 1. The van der Waals surface area contributed by atoms with Crippen molar-refractivity contribution in [3.05, 3.63) is 71.0 Å². The zero-order chi connectivity index (χ0) is 22.5. The van der Waals surface area contributed by atoms with Crippen LogP contribution >= 0.6 is 0 Å². The van der Waals surface area contributed by atoms with Gasteiger partial charge >= 0.3 is 0 Å². The number of carbonyl (C=O) groups excluding carboxylic acids is 2. The number of benzene rings is 2. The molecule has 7 heteroatoms. The highest BCUT2D eigenvalue weighted by Gasteiger charge is 2.46. The molecule has 2 aromatic rings. The zero-order valence-corrected chi connectivity index (χ0v) is 18.0. The zero-order valence-electron chi connectivity index (χ0n) is 18.0. The van der Waals surface area contributed by atoms with E-state index in [1.165, 1.54) is 17.0 Å². The van der Waals surface area contributed by atoms with Crippen LogP contribution in [-0.4, -0.2) is 60.4 Å². The maximum Gasteiger partial charge on any atom is 0.295 e. The third-order valence-corrected chi connectivity index (χ3v) is 5.11. The summed E-state index contributed by atoms with van der Waals surface area (Å²) in [6.07, 6.45) is 0.820. The number of likely N-dealkylation sites (N-methyl/N-ethyl adjacent to an activating group) is 1. The number of hydrogen-bond acceptors (Lipinski definition) is 5. The molecule has 1 fully saturated rings. The highest BCUT2D eigenvalue weighted by molar-refractivity contribution is 6.46. The molecule has 0 aliphatic carbocycles. The predicted octanol–water partition coefficient (Wildman–Crippen LogP) is 3.60. The smallest absolute Gasteiger partial charge is 0.295 e. The van der Waals surface area contributed by atoms with E-state index in [9.17, 15) is 19.1 Å². The third kappa shape index (κ3) is 4.77. The van der Waals surface area contributed by atoms with E-state index >= 15 is 0 Å². The van der Waals surface area contributed by atoms with Crippen LogP contribution in [0.4, 0.5) is 4.39 Å². The predicted molar refractivity (Wildman–Crippen MR) is 116 cm³/mol. The van der Waals surface area contributed by atoms with Gasteiger partial charge in [0.2, 0.25) is 0 Å². The first-order valence-electron chi connectivity index (χ1n) is 10.3. The van der Waals surface area contributed by atoms with Crippen molar-refractivity contribution in [2.24, 2.45) is 0 Å². The fourth-order valence-corrected chi connectivity index (χ4v) is 3.55. The molecule has 31 heavy (non-hydrogen) atoms. The van der Waals surface area contributed by atoms with Crippen molar-refractivity contribution in [1.29, 1.82) is 0 Å². The average molecular weight is 426 g/mol. The Hall–Kier alpha value is -3.19. The number of aliphatic hydroxyl groups is 1. The summed E-state index contributed by atoms with van der Waals surface area (Å²) in [4.78, 5) is 29.0. The lowest BCUT2D eigenvalue weighted by molar-refractivity contribution is -0.140.